The summed E-state index contributed by atoms with van der Waals surface area (Å²) >= 11 is 6.08. The summed E-state index contributed by atoms with van der Waals surface area (Å²) in [5.74, 6) is 0.899. The van der Waals surface area contributed by atoms with Crippen molar-refractivity contribution in [3.05, 3.63) is 41.7 Å². The first-order valence-electron chi connectivity index (χ1n) is 7.50. The van der Waals surface area contributed by atoms with Crippen LogP contribution in [0.3, 0.4) is 0 Å². The number of imidazole rings is 1. The highest BCUT2D eigenvalue weighted by Crippen LogP contribution is 2.22. The Bertz CT molecular complexity index is 680. The zero-order valence-corrected chi connectivity index (χ0v) is 13.7. The zero-order valence-electron chi connectivity index (χ0n) is 13.0. The number of amides is 1. The highest BCUT2D eigenvalue weighted by molar-refractivity contribution is 6.30. The van der Waals surface area contributed by atoms with Gasteiger partial charge in [0.05, 0.1) is 0 Å². The van der Waals surface area contributed by atoms with E-state index in [-0.39, 0.29) is 12.5 Å². The number of piperazine rings is 1. The summed E-state index contributed by atoms with van der Waals surface area (Å²) in [5, 5.41) is 0.692. The van der Waals surface area contributed by atoms with Crippen LogP contribution in [0.15, 0.2) is 36.7 Å². The lowest BCUT2D eigenvalue weighted by molar-refractivity contribution is -0.135. The molecule has 2 heterocycles. The summed E-state index contributed by atoms with van der Waals surface area (Å²) in [5.41, 5.74) is 0.975. The molecule has 3 rings (SSSR count). The maximum atomic E-state index is 11.9. The third-order valence-corrected chi connectivity index (χ3v) is 4.13. The minimum atomic E-state index is 0.0327. The van der Waals surface area contributed by atoms with Crippen molar-refractivity contribution in [1.29, 1.82) is 0 Å². The maximum Gasteiger partial charge on any atom is 0.248 e. The van der Waals surface area contributed by atoms with Crippen LogP contribution in [0.1, 0.15) is 0 Å². The highest BCUT2D eigenvalue weighted by Gasteiger charge is 2.23. The summed E-state index contributed by atoms with van der Waals surface area (Å²) in [7, 11) is 1.54. The van der Waals surface area contributed by atoms with Gasteiger partial charge in [0.25, 0.3) is 0 Å². The SMILES string of the molecule is COCC(=O)N1CCN(c2nccn2-c2cccc(Cl)c2)CC1. The number of benzene rings is 1. The number of methoxy groups -OCH3 is 1. The average Bonchev–Trinajstić information content (AvgIpc) is 3.05. The number of halogens is 1. The molecule has 23 heavy (non-hydrogen) atoms. The van der Waals surface area contributed by atoms with Gasteiger partial charge in [0.15, 0.2) is 0 Å². The third kappa shape index (κ3) is 3.48. The van der Waals surface area contributed by atoms with Crippen LogP contribution in [0.2, 0.25) is 5.02 Å². The topological polar surface area (TPSA) is 50.6 Å². The van der Waals surface area contributed by atoms with Gasteiger partial charge in [0, 0.05) is 56.4 Å². The fourth-order valence-electron chi connectivity index (χ4n) is 2.73. The molecule has 7 heteroatoms. The van der Waals surface area contributed by atoms with Gasteiger partial charge in [-0.15, -0.1) is 0 Å². The van der Waals surface area contributed by atoms with E-state index in [1.54, 1.807) is 6.20 Å². The van der Waals surface area contributed by atoms with E-state index in [0.29, 0.717) is 18.1 Å². The Morgan fingerprint density at radius 3 is 2.78 bits per heavy atom. The van der Waals surface area contributed by atoms with Crippen molar-refractivity contribution in [3.8, 4) is 5.69 Å². The van der Waals surface area contributed by atoms with Crippen molar-refractivity contribution < 1.29 is 9.53 Å². The minimum Gasteiger partial charge on any atom is -0.375 e. The van der Waals surface area contributed by atoms with Gasteiger partial charge >= 0.3 is 0 Å². The number of hydrogen-bond acceptors (Lipinski definition) is 4. The Morgan fingerprint density at radius 2 is 2.09 bits per heavy atom. The number of aromatic nitrogens is 2. The van der Waals surface area contributed by atoms with Gasteiger partial charge in [-0.1, -0.05) is 17.7 Å². The van der Waals surface area contributed by atoms with E-state index in [9.17, 15) is 4.79 Å². The normalized spacial score (nSPS) is 15.0. The van der Waals surface area contributed by atoms with E-state index in [0.717, 1.165) is 24.7 Å². The van der Waals surface area contributed by atoms with Gasteiger partial charge in [0.1, 0.15) is 6.61 Å². The Morgan fingerprint density at radius 1 is 1.30 bits per heavy atom. The molecule has 1 aliphatic rings. The van der Waals surface area contributed by atoms with Crippen LogP contribution in [0.25, 0.3) is 5.69 Å². The maximum absolute atomic E-state index is 11.9. The van der Waals surface area contributed by atoms with Crippen LogP contribution >= 0.6 is 11.6 Å². The van der Waals surface area contributed by atoms with Gasteiger partial charge in [-0.3, -0.25) is 9.36 Å². The second kappa shape index (κ2) is 7.02. The molecule has 1 aromatic heterocycles. The second-order valence-corrected chi connectivity index (χ2v) is 5.81. The Hall–Kier alpha value is -2.05. The molecule has 0 saturated carbocycles. The number of carbonyl (C=O) groups excluding carboxylic acids is 1. The summed E-state index contributed by atoms with van der Waals surface area (Å²) in [6, 6.07) is 7.67. The first-order chi connectivity index (χ1) is 11.2. The van der Waals surface area contributed by atoms with E-state index in [1.807, 2.05) is 39.9 Å². The molecule has 1 amide bonds. The van der Waals surface area contributed by atoms with Crippen molar-refractivity contribution in [1.82, 2.24) is 14.5 Å². The van der Waals surface area contributed by atoms with Crippen LogP contribution < -0.4 is 4.90 Å². The number of carbonyl (C=O) groups is 1. The van der Waals surface area contributed by atoms with Crippen LogP contribution in [0, 0.1) is 0 Å². The van der Waals surface area contributed by atoms with E-state index in [1.165, 1.54) is 7.11 Å². The van der Waals surface area contributed by atoms with Crippen molar-refractivity contribution in [2.24, 2.45) is 0 Å². The lowest BCUT2D eigenvalue weighted by Crippen LogP contribution is -2.50. The number of ether oxygens (including phenoxy) is 1. The molecule has 0 spiro atoms. The van der Waals surface area contributed by atoms with Crippen LogP contribution in [0.5, 0.6) is 0 Å². The molecule has 1 aliphatic heterocycles. The van der Waals surface area contributed by atoms with Crippen molar-refractivity contribution in [2.45, 2.75) is 0 Å². The predicted molar refractivity (Wildman–Crippen MR) is 89.2 cm³/mol. The molecular formula is C16H19ClN4O2. The molecule has 122 valence electrons. The van der Waals surface area contributed by atoms with Gasteiger partial charge in [-0.25, -0.2) is 4.98 Å². The predicted octanol–water partition coefficient (Wildman–Crippen LogP) is 1.82. The Labute approximate surface area is 140 Å². The molecule has 6 nitrogen and oxygen atoms in total. The minimum absolute atomic E-state index is 0.0327. The molecule has 0 atom stereocenters. The van der Waals surface area contributed by atoms with Crippen LogP contribution in [-0.4, -0.2) is 60.3 Å². The highest BCUT2D eigenvalue weighted by atomic mass is 35.5. The first kappa shape index (κ1) is 15.8. The number of nitrogens with zero attached hydrogens (tertiary/aromatic N) is 4. The monoisotopic (exact) mass is 334 g/mol. The van der Waals surface area contributed by atoms with E-state index >= 15 is 0 Å². The molecule has 1 saturated heterocycles. The molecule has 2 aromatic rings. The average molecular weight is 335 g/mol. The van der Waals surface area contributed by atoms with Gasteiger partial charge in [-0.2, -0.15) is 0 Å². The second-order valence-electron chi connectivity index (χ2n) is 5.38. The summed E-state index contributed by atoms with van der Waals surface area (Å²) < 4.78 is 6.92. The quantitative estimate of drug-likeness (QED) is 0.856. The molecule has 0 unspecified atom stereocenters. The molecule has 0 aliphatic carbocycles. The fourth-order valence-corrected chi connectivity index (χ4v) is 2.91. The molecule has 0 bridgehead atoms. The van der Waals surface area contributed by atoms with E-state index in [4.69, 9.17) is 16.3 Å². The molecule has 0 radical (unpaired) electrons. The Kier molecular flexibility index (Phi) is 4.83. The summed E-state index contributed by atoms with van der Waals surface area (Å²) in [6.07, 6.45) is 3.70. The van der Waals surface area contributed by atoms with Crippen molar-refractivity contribution in [3.63, 3.8) is 0 Å². The first-order valence-corrected chi connectivity index (χ1v) is 7.88. The fraction of sp³-hybridized carbons (Fsp3) is 0.375. The summed E-state index contributed by atoms with van der Waals surface area (Å²) in [6.45, 7) is 2.96. The van der Waals surface area contributed by atoms with Crippen molar-refractivity contribution in [2.75, 3.05) is 44.8 Å². The van der Waals surface area contributed by atoms with Crippen LogP contribution in [0.4, 0.5) is 5.95 Å². The lowest BCUT2D eigenvalue weighted by atomic mass is 10.3. The lowest BCUT2D eigenvalue weighted by Gasteiger charge is -2.35. The zero-order chi connectivity index (χ0) is 16.2. The van der Waals surface area contributed by atoms with Crippen molar-refractivity contribution >= 4 is 23.5 Å². The third-order valence-electron chi connectivity index (χ3n) is 3.89. The van der Waals surface area contributed by atoms with Gasteiger partial charge in [-0.05, 0) is 18.2 Å². The molecule has 1 aromatic carbocycles. The Balaban J connectivity index is 1.73. The number of hydrogen-bond donors (Lipinski definition) is 0. The van der Waals surface area contributed by atoms with Gasteiger partial charge < -0.3 is 14.5 Å². The van der Waals surface area contributed by atoms with E-state index in [2.05, 4.69) is 9.88 Å². The number of anilines is 1. The largest absolute Gasteiger partial charge is 0.375 e. The smallest absolute Gasteiger partial charge is 0.248 e. The number of rotatable bonds is 4. The molecular weight excluding hydrogens is 316 g/mol. The van der Waals surface area contributed by atoms with E-state index < -0.39 is 0 Å². The van der Waals surface area contributed by atoms with Crippen LogP contribution in [-0.2, 0) is 9.53 Å². The standard InChI is InChI=1S/C16H19ClN4O2/c1-23-12-15(22)19-7-9-20(10-8-19)16-18-5-6-21(16)14-4-2-3-13(17)11-14/h2-6,11H,7-10,12H2,1H3. The summed E-state index contributed by atoms with van der Waals surface area (Å²) in [4.78, 5) is 20.3. The molecule has 0 N–H and O–H groups in total. The molecule has 1 fully saturated rings. The van der Waals surface area contributed by atoms with Gasteiger partial charge in [0.2, 0.25) is 11.9 Å².